The van der Waals surface area contributed by atoms with Gasteiger partial charge in [0, 0.05) is 18.6 Å². The molecule has 0 amide bonds. The SMILES string of the molecule is CCCc1nc2cc3c(cc2n1C(C)C(=O)O)OCCO3. The quantitative estimate of drug-likeness (QED) is 0.936. The van der Waals surface area contributed by atoms with Gasteiger partial charge < -0.3 is 19.1 Å². The summed E-state index contributed by atoms with van der Waals surface area (Å²) in [5, 5.41) is 9.34. The Kier molecular flexibility index (Phi) is 3.45. The van der Waals surface area contributed by atoms with Crippen molar-refractivity contribution in [3.8, 4) is 11.5 Å². The van der Waals surface area contributed by atoms with Crippen LogP contribution in [0.4, 0.5) is 0 Å². The summed E-state index contributed by atoms with van der Waals surface area (Å²) in [6.07, 6.45) is 1.64. The maximum absolute atomic E-state index is 11.4. The normalized spacial score (nSPS) is 15.1. The highest BCUT2D eigenvalue weighted by Crippen LogP contribution is 2.36. The van der Waals surface area contributed by atoms with Crippen LogP contribution in [0.5, 0.6) is 11.5 Å². The molecule has 112 valence electrons. The topological polar surface area (TPSA) is 73.6 Å². The first kappa shape index (κ1) is 13.7. The van der Waals surface area contributed by atoms with Crippen molar-refractivity contribution in [2.75, 3.05) is 13.2 Å². The number of carboxylic acid groups (broad SMARTS) is 1. The number of hydrogen-bond acceptors (Lipinski definition) is 4. The summed E-state index contributed by atoms with van der Waals surface area (Å²) in [6.45, 7) is 4.74. The molecule has 2 aromatic rings. The van der Waals surface area contributed by atoms with Crippen LogP contribution in [0.2, 0.25) is 0 Å². The van der Waals surface area contributed by atoms with Crippen LogP contribution in [0.25, 0.3) is 11.0 Å². The molecule has 0 bridgehead atoms. The van der Waals surface area contributed by atoms with Gasteiger partial charge in [0.05, 0.1) is 11.0 Å². The largest absolute Gasteiger partial charge is 0.486 e. The van der Waals surface area contributed by atoms with E-state index in [2.05, 4.69) is 4.98 Å². The van der Waals surface area contributed by atoms with Gasteiger partial charge in [0.1, 0.15) is 25.1 Å². The fourth-order valence-electron chi connectivity index (χ4n) is 2.62. The molecule has 1 unspecified atom stereocenters. The number of carboxylic acids is 1. The summed E-state index contributed by atoms with van der Waals surface area (Å²) in [6, 6.07) is 2.99. The molecule has 0 aliphatic carbocycles. The van der Waals surface area contributed by atoms with Crippen molar-refractivity contribution in [1.29, 1.82) is 0 Å². The lowest BCUT2D eigenvalue weighted by Crippen LogP contribution is -2.18. The van der Waals surface area contributed by atoms with Crippen LogP contribution < -0.4 is 9.47 Å². The molecule has 0 radical (unpaired) electrons. The van der Waals surface area contributed by atoms with Crippen molar-refractivity contribution >= 4 is 17.0 Å². The van der Waals surface area contributed by atoms with Gasteiger partial charge in [0.15, 0.2) is 11.5 Å². The Morgan fingerprint density at radius 3 is 2.67 bits per heavy atom. The highest BCUT2D eigenvalue weighted by Gasteiger charge is 2.23. The van der Waals surface area contributed by atoms with Crippen LogP contribution in [0.15, 0.2) is 12.1 Å². The summed E-state index contributed by atoms with van der Waals surface area (Å²) >= 11 is 0. The maximum Gasteiger partial charge on any atom is 0.326 e. The second-order valence-electron chi connectivity index (χ2n) is 5.15. The van der Waals surface area contributed by atoms with E-state index < -0.39 is 12.0 Å². The average Bonchev–Trinajstić information content (AvgIpc) is 2.81. The predicted octanol–water partition coefficient (Wildman–Crippen LogP) is 2.41. The predicted molar refractivity (Wildman–Crippen MR) is 77.1 cm³/mol. The van der Waals surface area contributed by atoms with E-state index in [4.69, 9.17) is 9.47 Å². The molecule has 1 atom stereocenters. The number of fused-ring (bicyclic) bond motifs is 2. The zero-order valence-electron chi connectivity index (χ0n) is 12.1. The standard InChI is InChI=1S/C15H18N2O4/c1-3-4-14-16-10-7-12-13(21-6-5-20-12)8-11(10)17(14)9(2)15(18)19/h7-9H,3-6H2,1-2H3,(H,18,19). The molecule has 0 saturated carbocycles. The van der Waals surface area contributed by atoms with Crippen molar-refractivity contribution in [3.05, 3.63) is 18.0 Å². The molecule has 21 heavy (non-hydrogen) atoms. The number of nitrogens with zero attached hydrogens (tertiary/aromatic N) is 2. The molecular weight excluding hydrogens is 272 g/mol. The first-order chi connectivity index (χ1) is 10.1. The molecule has 0 saturated heterocycles. The van der Waals surface area contributed by atoms with E-state index in [-0.39, 0.29) is 0 Å². The average molecular weight is 290 g/mol. The minimum absolute atomic E-state index is 0.503. The second-order valence-corrected chi connectivity index (χ2v) is 5.15. The Morgan fingerprint density at radius 1 is 1.38 bits per heavy atom. The number of aromatic nitrogens is 2. The van der Waals surface area contributed by atoms with Crippen LogP contribution in [-0.2, 0) is 11.2 Å². The highest BCUT2D eigenvalue weighted by molar-refractivity contribution is 5.83. The third-order valence-corrected chi connectivity index (χ3v) is 3.64. The van der Waals surface area contributed by atoms with E-state index in [1.807, 2.05) is 19.1 Å². The van der Waals surface area contributed by atoms with Crippen LogP contribution >= 0.6 is 0 Å². The van der Waals surface area contributed by atoms with Crippen LogP contribution in [0.1, 0.15) is 32.1 Å². The van der Waals surface area contributed by atoms with Gasteiger partial charge in [-0.15, -0.1) is 0 Å². The van der Waals surface area contributed by atoms with E-state index in [1.165, 1.54) is 0 Å². The molecule has 6 heteroatoms. The molecule has 6 nitrogen and oxygen atoms in total. The van der Waals surface area contributed by atoms with Crippen LogP contribution in [0.3, 0.4) is 0 Å². The van der Waals surface area contributed by atoms with Gasteiger partial charge in [0.25, 0.3) is 0 Å². The Labute approximate surface area is 122 Å². The first-order valence-corrected chi connectivity index (χ1v) is 7.15. The lowest BCUT2D eigenvalue weighted by molar-refractivity contribution is -0.140. The minimum atomic E-state index is -0.874. The van der Waals surface area contributed by atoms with Crippen molar-refractivity contribution in [2.45, 2.75) is 32.7 Å². The Hall–Kier alpha value is -2.24. The van der Waals surface area contributed by atoms with Gasteiger partial charge in [0.2, 0.25) is 0 Å². The van der Waals surface area contributed by atoms with Crippen molar-refractivity contribution in [2.24, 2.45) is 0 Å². The van der Waals surface area contributed by atoms with E-state index >= 15 is 0 Å². The highest BCUT2D eigenvalue weighted by atomic mass is 16.6. The second kappa shape index (κ2) is 5.27. The van der Waals surface area contributed by atoms with Gasteiger partial charge in [-0.1, -0.05) is 6.92 Å². The molecular formula is C15H18N2O4. The Morgan fingerprint density at radius 2 is 2.05 bits per heavy atom. The monoisotopic (exact) mass is 290 g/mol. The lowest BCUT2D eigenvalue weighted by atomic mass is 10.2. The Balaban J connectivity index is 2.21. The van der Waals surface area contributed by atoms with Gasteiger partial charge >= 0.3 is 5.97 Å². The summed E-state index contributed by atoms with van der Waals surface area (Å²) in [5.74, 6) is 1.23. The third-order valence-electron chi connectivity index (χ3n) is 3.64. The van der Waals surface area contributed by atoms with Gasteiger partial charge in [-0.25, -0.2) is 9.78 Å². The van der Waals surface area contributed by atoms with Crippen molar-refractivity contribution in [3.63, 3.8) is 0 Å². The zero-order chi connectivity index (χ0) is 15.0. The third kappa shape index (κ3) is 2.30. The smallest absolute Gasteiger partial charge is 0.326 e. The van der Waals surface area contributed by atoms with E-state index in [0.717, 1.165) is 29.7 Å². The van der Waals surface area contributed by atoms with Crippen molar-refractivity contribution < 1.29 is 19.4 Å². The molecule has 1 N–H and O–H groups in total. The molecule has 0 fully saturated rings. The summed E-state index contributed by atoms with van der Waals surface area (Å²) < 4.78 is 12.9. The lowest BCUT2D eigenvalue weighted by Gasteiger charge is -2.19. The summed E-state index contributed by atoms with van der Waals surface area (Å²) in [7, 11) is 0. The number of ether oxygens (including phenoxy) is 2. The molecule has 1 aromatic heterocycles. The number of benzene rings is 1. The van der Waals surface area contributed by atoms with Crippen molar-refractivity contribution in [1.82, 2.24) is 9.55 Å². The molecule has 0 spiro atoms. The van der Waals surface area contributed by atoms with E-state index in [1.54, 1.807) is 11.5 Å². The van der Waals surface area contributed by atoms with E-state index in [9.17, 15) is 9.90 Å². The maximum atomic E-state index is 11.4. The number of hydrogen-bond donors (Lipinski definition) is 1. The number of imidazole rings is 1. The number of rotatable bonds is 4. The number of aliphatic carboxylic acids is 1. The van der Waals surface area contributed by atoms with Crippen LogP contribution in [-0.4, -0.2) is 33.8 Å². The first-order valence-electron chi connectivity index (χ1n) is 7.15. The number of aryl methyl sites for hydroxylation is 1. The minimum Gasteiger partial charge on any atom is -0.486 e. The molecule has 2 heterocycles. The fraction of sp³-hybridized carbons (Fsp3) is 0.467. The molecule has 1 aliphatic rings. The van der Waals surface area contributed by atoms with Crippen LogP contribution in [0, 0.1) is 0 Å². The molecule has 1 aliphatic heterocycles. The zero-order valence-corrected chi connectivity index (χ0v) is 12.1. The fourth-order valence-corrected chi connectivity index (χ4v) is 2.62. The van der Waals surface area contributed by atoms with Gasteiger partial charge in [-0.05, 0) is 13.3 Å². The van der Waals surface area contributed by atoms with E-state index in [0.29, 0.717) is 24.7 Å². The van der Waals surface area contributed by atoms with Gasteiger partial charge in [-0.2, -0.15) is 0 Å². The molecule has 1 aromatic carbocycles. The summed E-state index contributed by atoms with van der Waals surface area (Å²) in [5.41, 5.74) is 1.52. The number of carbonyl (C=O) groups is 1. The van der Waals surface area contributed by atoms with Gasteiger partial charge in [-0.3, -0.25) is 0 Å². The molecule has 3 rings (SSSR count). The summed E-state index contributed by atoms with van der Waals surface area (Å²) in [4.78, 5) is 16.0. The Bertz CT molecular complexity index is 693.